The van der Waals surface area contributed by atoms with Crippen LogP contribution < -0.4 is 10.1 Å². The molecule has 0 saturated carbocycles. The molecule has 1 fully saturated rings. The van der Waals surface area contributed by atoms with Crippen LogP contribution in [-0.4, -0.2) is 47.3 Å². The third-order valence-electron chi connectivity index (χ3n) is 7.62. The quantitative estimate of drug-likeness (QED) is 0.276. The van der Waals surface area contributed by atoms with Crippen LogP contribution in [0.4, 0.5) is 18.9 Å². The SMILES string of the molecule is CCOC(=O)c1cccc(-n2ncc3c(NCC4(C(F)(F)F)CC(C)(c5cccc6c5OCC6)O4)cccc32)c1. The van der Waals surface area contributed by atoms with E-state index < -0.39 is 29.9 Å². The Morgan fingerprint density at radius 3 is 2.70 bits per heavy atom. The molecule has 208 valence electrons. The molecule has 6 rings (SSSR count). The zero-order valence-electron chi connectivity index (χ0n) is 22.0. The number of nitrogens with zero attached hydrogens (tertiary/aromatic N) is 2. The normalized spacial score (nSPS) is 21.9. The van der Waals surface area contributed by atoms with Crippen molar-refractivity contribution in [2.24, 2.45) is 0 Å². The number of halogens is 3. The van der Waals surface area contributed by atoms with Crippen LogP contribution in [-0.2, 0) is 21.5 Å². The molecule has 10 heteroatoms. The maximum Gasteiger partial charge on any atom is 0.419 e. The minimum absolute atomic E-state index is 0.244. The summed E-state index contributed by atoms with van der Waals surface area (Å²) >= 11 is 0. The van der Waals surface area contributed by atoms with Crippen LogP contribution in [0.2, 0.25) is 0 Å². The first-order chi connectivity index (χ1) is 19.1. The van der Waals surface area contributed by atoms with Crippen LogP contribution in [0.15, 0.2) is 66.9 Å². The number of benzene rings is 3. The summed E-state index contributed by atoms with van der Waals surface area (Å²) in [5.74, 6) is 0.193. The molecule has 1 saturated heterocycles. The summed E-state index contributed by atoms with van der Waals surface area (Å²) in [7, 11) is 0. The van der Waals surface area contributed by atoms with E-state index >= 15 is 0 Å². The molecule has 2 aliphatic heterocycles. The maximum absolute atomic E-state index is 14.4. The van der Waals surface area contributed by atoms with E-state index in [4.69, 9.17) is 14.2 Å². The highest BCUT2D eigenvalue weighted by Crippen LogP contribution is 2.57. The summed E-state index contributed by atoms with van der Waals surface area (Å²) in [4.78, 5) is 12.2. The third kappa shape index (κ3) is 4.27. The van der Waals surface area contributed by atoms with Crippen molar-refractivity contribution in [2.45, 2.75) is 44.1 Å². The number of rotatable bonds is 7. The molecular formula is C30H28F3N3O4. The summed E-state index contributed by atoms with van der Waals surface area (Å²) < 4.78 is 61.6. The van der Waals surface area contributed by atoms with Crippen molar-refractivity contribution in [2.75, 3.05) is 25.1 Å². The molecule has 0 spiro atoms. The Bertz CT molecular complexity index is 1590. The van der Waals surface area contributed by atoms with Crippen molar-refractivity contribution in [3.8, 4) is 11.4 Å². The van der Waals surface area contributed by atoms with Gasteiger partial charge in [-0.3, -0.25) is 0 Å². The van der Waals surface area contributed by atoms with Gasteiger partial charge in [0.1, 0.15) is 5.75 Å². The number of fused-ring (bicyclic) bond motifs is 2. The second-order valence-electron chi connectivity index (χ2n) is 10.3. The number of carbonyl (C=O) groups excluding carboxylic acids is 1. The highest BCUT2D eigenvalue weighted by molar-refractivity contribution is 5.93. The van der Waals surface area contributed by atoms with Gasteiger partial charge >= 0.3 is 12.1 Å². The van der Waals surface area contributed by atoms with Crippen LogP contribution in [0.3, 0.4) is 0 Å². The van der Waals surface area contributed by atoms with Crippen molar-refractivity contribution in [3.05, 3.63) is 83.6 Å². The number of nitrogens with one attached hydrogen (secondary N) is 1. The number of para-hydroxylation sites is 1. The lowest BCUT2D eigenvalue weighted by atomic mass is 9.74. The topological polar surface area (TPSA) is 74.6 Å². The molecular weight excluding hydrogens is 523 g/mol. The van der Waals surface area contributed by atoms with Gasteiger partial charge in [0.2, 0.25) is 0 Å². The molecule has 0 amide bonds. The number of hydrogen-bond donors (Lipinski definition) is 1. The number of alkyl halides is 3. The van der Waals surface area contributed by atoms with E-state index in [1.165, 1.54) is 0 Å². The first-order valence-electron chi connectivity index (χ1n) is 13.1. The van der Waals surface area contributed by atoms with Crippen molar-refractivity contribution < 1.29 is 32.2 Å². The van der Waals surface area contributed by atoms with Crippen molar-refractivity contribution >= 4 is 22.6 Å². The van der Waals surface area contributed by atoms with Gasteiger partial charge in [-0.05, 0) is 49.7 Å². The smallest absolute Gasteiger partial charge is 0.419 e. The minimum atomic E-state index is -4.59. The average Bonchev–Trinajstić information content (AvgIpc) is 3.57. The van der Waals surface area contributed by atoms with Crippen LogP contribution >= 0.6 is 0 Å². The van der Waals surface area contributed by atoms with Crippen molar-refractivity contribution in [1.82, 2.24) is 9.78 Å². The summed E-state index contributed by atoms with van der Waals surface area (Å²) in [6.45, 7) is 3.72. The first kappa shape index (κ1) is 26.2. The van der Waals surface area contributed by atoms with Gasteiger partial charge in [-0.25, -0.2) is 9.48 Å². The Balaban J connectivity index is 1.26. The number of ether oxygens (including phenoxy) is 3. The van der Waals surface area contributed by atoms with Gasteiger partial charge in [0.05, 0.1) is 48.3 Å². The Labute approximate surface area is 228 Å². The van der Waals surface area contributed by atoms with Crippen molar-refractivity contribution in [3.63, 3.8) is 0 Å². The predicted octanol–water partition coefficient (Wildman–Crippen LogP) is 6.19. The lowest BCUT2D eigenvalue weighted by Gasteiger charge is -2.55. The van der Waals surface area contributed by atoms with Gasteiger partial charge in [-0.1, -0.05) is 30.3 Å². The highest BCUT2D eigenvalue weighted by Gasteiger charge is 2.68. The second-order valence-corrected chi connectivity index (χ2v) is 10.3. The van der Waals surface area contributed by atoms with Gasteiger partial charge in [-0.2, -0.15) is 18.3 Å². The van der Waals surface area contributed by atoms with Gasteiger partial charge in [0, 0.05) is 29.5 Å². The largest absolute Gasteiger partial charge is 0.493 e. The predicted molar refractivity (Wildman–Crippen MR) is 143 cm³/mol. The van der Waals surface area contributed by atoms with Gasteiger partial charge in [0.15, 0.2) is 5.60 Å². The molecule has 7 nitrogen and oxygen atoms in total. The van der Waals surface area contributed by atoms with E-state index in [0.717, 1.165) is 12.0 Å². The zero-order chi connectivity index (χ0) is 28.1. The lowest BCUT2D eigenvalue weighted by molar-refractivity contribution is -0.380. The lowest BCUT2D eigenvalue weighted by Crippen LogP contribution is -2.67. The molecule has 2 aliphatic rings. The van der Waals surface area contributed by atoms with E-state index in [2.05, 4.69) is 10.4 Å². The maximum atomic E-state index is 14.4. The van der Waals surface area contributed by atoms with Crippen molar-refractivity contribution in [1.29, 1.82) is 0 Å². The fourth-order valence-corrected chi connectivity index (χ4v) is 5.73. The van der Waals surface area contributed by atoms with Gasteiger partial charge in [-0.15, -0.1) is 0 Å². The van der Waals surface area contributed by atoms with Gasteiger partial charge < -0.3 is 19.5 Å². The van der Waals surface area contributed by atoms with Crippen LogP contribution in [0.25, 0.3) is 16.6 Å². The molecule has 2 unspecified atom stereocenters. The number of anilines is 1. The second kappa shape index (κ2) is 9.55. The summed E-state index contributed by atoms with van der Waals surface area (Å²) in [6.07, 6.45) is -2.52. The molecule has 1 aromatic heterocycles. The van der Waals surface area contributed by atoms with Crippen LogP contribution in [0.1, 0.15) is 41.8 Å². The molecule has 2 atom stereocenters. The third-order valence-corrected chi connectivity index (χ3v) is 7.62. The van der Waals surface area contributed by atoms with Crippen LogP contribution in [0, 0.1) is 0 Å². The van der Waals surface area contributed by atoms with Crippen LogP contribution in [0.5, 0.6) is 5.75 Å². The summed E-state index contributed by atoms with van der Waals surface area (Å²) in [5, 5.41) is 8.08. The molecule has 3 heterocycles. The number of carbonyl (C=O) groups is 1. The molecule has 0 bridgehead atoms. The van der Waals surface area contributed by atoms with E-state index in [-0.39, 0.29) is 13.0 Å². The molecule has 0 aliphatic carbocycles. The zero-order valence-corrected chi connectivity index (χ0v) is 22.0. The molecule has 3 aromatic carbocycles. The molecule has 1 N–H and O–H groups in total. The monoisotopic (exact) mass is 551 g/mol. The Morgan fingerprint density at radius 1 is 1.15 bits per heavy atom. The first-order valence-corrected chi connectivity index (χ1v) is 13.1. The minimum Gasteiger partial charge on any atom is -0.493 e. The Morgan fingerprint density at radius 2 is 1.93 bits per heavy atom. The van der Waals surface area contributed by atoms with E-state index in [1.807, 2.05) is 18.2 Å². The van der Waals surface area contributed by atoms with E-state index in [9.17, 15) is 18.0 Å². The Hall–Kier alpha value is -4.05. The van der Waals surface area contributed by atoms with E-state index in [0.29, 0.717) is 45.8 Å². The number of hydrogen-bond acceptors (Lipinski definition) is 6. The standard InChI is InChI=1S/C30H28F3N3O4/c1-3-38-27(37)20-8-4-9-21(15-20)36-25-12-6-11-24(22(25)16-35-36)34-18-29(30(31,32)33)17-28(2,40-29)23-10-5-7-19-13-14-39-26(19)23/h4-12,15-16,34H,3,13-14,17-18H2,1-2H3. The van der Waals surface area contributed by atoms with E-state index in [1.54, 1.807) is 67.2 Å². The fraction of sp³-hybridized carbons (Fsp3) is 0.333. The summed E-state index contributed by atoms with van der Waals surface area (Å²) in [6, 6.07) is 17.7. The van der Waals surface area contributed by atoms with Gasteiger partial charge in [0.25, 0.3) is 0 Å². The molecule has 4 aromatic rings. The average molecular weight is 552 g/mol. The number of aromatic nitrogens is 2. The molecule has 0 radical (unpaired) electrons. The summed E-state index contributed by atoms with van der Waals surface area (Å²) in [5.41, 5.74) is 0.322. The Kier molecular flexibility index (Phi) is 6.25. The fourth-order valence-electron chi connectivity index (χ4n) is 5.73. The highest BCUT2D eigenvalue weighted by atomic mass is 19.4. The molecule has 40 heavy (non-hydrogen) atoms. The number of esters is 1.